The number of aryl methyl sites for hydroxylation is 1. The Morgan fingerprint density at radius 2 is 1.63 bits per heavy atom. The third-order valence-corrected chi connectivity index (χ3v) is 7.11. The second kappa shape index (κ2) is 12.3. The molecule has 2 amide bonds. The second-order valence-corrected chi connectivity index (χ2v) is 9.58. The van der Waals surface area contributed by atoms with Crippen molar-refractivity contribution in [3.8, 4) is 5.75 Å². The van der Waals surface area contributed by atoms with Crippen molar-refractivity contribution in [2.24, 2.45) is 5.10 Å². The first-order valence-corrected chi connectivity index (χ1v) is 13.0. The number of thiophene rings is 1. The zero-order chi connectivity index (χ0) is 27.1. The molecule has 0 radical (unpaired) electrons. The fraction of sp³-hybridized carbons (Fsp3) is 0.250. The van der Waals surface area contributed by atoms with Gasteiger partial charge in [-0.1, -0.05) is 30.3 Å². The monoisotopic (exact) mass is 533 g/mol. The summed E-state index contributed by atoms with van der Waals surface area (Å²) in [5, 5.41) is 6.88. The second-order valence-electron chi connectivity index (χ2n) is 8.48. The summed E-state index contributed by atoms with van der Waals surface area (Å²) in [6, 6.07) is 15.3. The molecule has 1 aromatic heterocycles. The zero-order valence-corrected chi connectivity index (χ0v) is 21.9. The number of ether oxygens (including phenoxy) is 2. The third-order valence-electron chi connectivity index (χ3n) is 5.90. The van der Waals surface area contributed by atoms with Crippen LogP contribution < -0.4 is 15.5 Å². The van der Waals surface area contributed by atoms with Gasteiger partial charge in [0, 0.05) is 10.4 Å². The molecule has 2 N–H and O–H groups in total. The molecule has 0 aliphatic heterocycles. The molecule has 0 saturated carbocycles. The van der Waals surface area contributed by atoms with Crippen LogP contribution in [0.1, 0.15) is 63.4 Å². The largest absolute Gasteiger partial charge is 0.462 e. The van der Waals surface area contributed by atoms with E-state index in [2.05, 4.69) is 15.8 Å². The van der Waals surface area contributed by atoms with E-state index in [1.54, 1.807) is 68.4 Å². The zero-order valence-electron chi connectivity index (χ0n) is 21.0. The highest BCUT2D eigenvalue weighted by molar-refractivity contribution is 7.17. The number of nitrogens with one attached hydrogen (secondary N) is 2. The fourth-order valence-corrected chi connectivity index (χ4v) is 5.34. The average molecular weight is 534 g/mol. The van der Waals surface area contributed by atoms with E-state index in [1.165, 1.54) is 11.3 Å². The Morgan fingerprint density at radius 1 is 0.921 bits per heavy atom. The third kappa shape index (κ3) is 6.15. The predicted molar refractivity (Wildman–Crippen MR) is 144 cm³/mol. The van der Waals surface area contributed by atoms with Crippen LogP contribution in [-0.4, -0.2) is 36.1 Å². The predicted octanol–water partition coefficient (Wildman–Crippen LogP) is 4.50. The number of amides is 2. The van der Waals surface area contributed by atoms with E-state index in [9.17, 15) is 19.2 Å². The van der Waals surface area contributed by atoms with E-state index >= 15 is 0 Å². The number of hydrogen-bond acceptors (Lipinski definition) is 8. The summed E-state index contributed by atoms with van der Waals surface area (Å²) in [6.45, 7) is 3.52. The van der Waals surface area contributed by atoms with Gasteiger partial charge in [0.15, 0.2) is 0 Å². The molecule has 3 aromatic rings. The molecule has 1 aliphatic rings. The Morgan fingerprint density at radius 3 is 2.39 bits per heavy atom. The maximum Gasteiger partial charge on any atom is 0.343 e. The highest BCUT2D eigenvalue weighted by Gasteiger charge is 2.28. The molecule has 0 saturated heterocycles. The Labute approximate surface area is 223 Å². The van der Waals surface area contributed by atoms with Gasteiger partial charge in [0.05, 0.1) is 23.4 Å². The van der Waals surface area contributed by atoms with Crippen LogP contribution in [0, 0.1) is 0 Å². The lowest BCUT2D eigenvalue weighted by molar-refractivity contribution is -0.136. The van der Waals surface area contributed by atoms with Gasteiger partial charge >= 0.3 is 23.8 Å². The fourth-order valence-electron chi connectivity index (χ4n) is 4.07. The van der Waals surface area contributed by atoms with Gasteiger partial charge in [0.25, 0.3) is 0 Å². The number of rotatable bonds is 7. The van der Waals surface area contributed by atoms with Crippen molar-refractivity contribution in [1.29, 1.82) is 0 Å². The summed E-state index contributed by atoms with van der Waals surface area (Å²) >= 11 is 1.29. The lowest BCUT2D eigenvalue weighted by Crippen LogP contribution is -2.33. The maximum atomic E-state index is 12.7. The van der Waals surface area contributed by atoms with Crippen LogP contribution in [0.5, 0.6) is 5.75 Å². The molecule has 38 heavy (non-hydrogen) atoms. The van der Waals surface area contributed by atoms with Gasteiger partial charge in [-0.05, 0) is 69.4 Å². The van der Waals surface area contributed by atoms with Crippen molar-refractivity contribution in [3.63, 3.8) is 0 Å². The number of hydrazone groups is 1. The van der Waals surface area contributed by atoms with Crippen LogP contribution in [0.4, 0.5) is 5.00 Å². The van der Waals surface area contributed by atoms with Gasteiger partial charge < -0.3 is 14.8 Å². The first-order chi connectivity index (χ1) is 18.4. The van der Waals surface area contributed by atoms with Crippen LogP contribution in [-0.2, 0) is 27.2 Å². The molecule has 2 aromatic carbocycles. The minimum atomic E-state index is -1.01. The van der Waals surface area contributed by atoms with Gasteiger partial charge in [0.2, 0.25) is 0 Å². The van der Waals surface area contributed by atoms with E-state index < -0.39 is 23.8 Å². The normalized spacial score (nSPS) is 12.7. The van der Waals surface area contributed by atoms with Gasteiger partial charge in [-0.2, -0.15) is 5.10 Å². The van der Waals surface area contributed by atoms with E-state index in [0.29, 0.717) is 27.4 Å². The van der Waals surface area contributed by atoms with Crippen molar-refractivity contribution >= 4 is 45.8 Å². The summed E-state index contributed by atoms with van der Waals surface area (Å²) < 4.78 is 10.7. The van der Waals surface area contributed by atoms with Crippen molar-refractivity contribution in [3.05, 3.63) is 81.7 Å². The molecule has 0 fully saturated rings. The first kappa shape index (κ1) is 26.7. The number of para-hydroxylation sites is 1. The van der Waals surface area contributed by atoms with Crippen LogP contribution in [0.2, 0.25) is 0 Å². The maximum absolute atomic E-state index is 12.7. The number of anilines is 1. The van der Waals surface area contributed by atoms with E-state index in [0.717, 1.165) is 36.1 Å². The molecule has 196 valence electrons. The summed E-state index contributed by atoms with van der Waals surface area (Å²) in [7, 11) is 0. The van der Waals surface area contributed by atoms with Crippen molar-refractivity contribution in [2.75, 3.05) is 11.9 Å². The number of nitrogens with zero attached hydrogens (tertiary/aromatic N) is 1. The van der Waals surface area contributed by atoms with Gasteiger partial charge in [0.1, 0.15) is 10.8 Å². The molecular weight excluding hydrogens is 506 g/mol. The molecule has 0 unspecified atom stereocenters. The van der Waals surface area contributed by atoms with Gasteiger partial charge in [-0.3, -0.25) is 9.59 Å². The number of esters is 2. The minimum Gasteiger partial charge on any atom is -0.462 e. The lowest BCUT2D eigenvalue weighted by Gasteiger charge is -2.12. The Hall–Kier alpha value is -4.31. The van der Waals surface area contributed by atoms with Crippen LogP contribution in [0.3, 0.4) is 0 Å². The highest BCUT2D eigenvalue weighted by atomic mass is 32.1. The molecule has 1 heterocycles. The van der Waals surface area contributed by atoms with E-state index in [-0.39, 0.29) is 12.4 Å². The van der Waals surface area contributed by atoms with Crippen molar-refractivity contribution < 1.29 is 28.7 Å². The van der Waals surface area contributed by atoms with Crippen LogP contribution in [0.25, 0.3) is 0 Å². The Balaban J connectivity index is 1.46. The molecular formula is C28H27N3O6S. The Bertz CT molecular complexity index is 1400. The van der Waals surface area contributed by atoms with E-state index in [1.807, 2.05) is 0 Å². The van der Waals surface area contributed by atoms with Crippen LogP contribution >= 0.6 is 11.3 Å². The minimum absolute atomic E-state index is 0.202. The highest BCUT2D eigenvalue weighted by Crippen LogP contribution is 2.38. The summed E-state index contributed by atoms with van der Waals surface area (Å²) in [6.07, 6.45) is 3.48. The molecule has 1 aliphatic carbocycles. The molecule has 4 rings (SSSR count). The lowest BCUT2D eigenvalue weighted by atomic mass is 9.95. The quantitative estimate of drug-likeness (QED) is 0.152. The summed E-state index contributed by atoms with van der Waals surface area (Å²) in [5.74, 6) is -2.77. The summed E-state index contributed by atoms with van der Waals surface area (Å²) in [5.41, 5.74) is 4.61. The summed E-state index contributed by atoms with van der Waals surface area (Å²) in [4.78, 5) is 51.3. The van der Waals surface area contributed by atoms with E-state index in [4.69, 9.17) is 9.47 Å². The van der Waals surface area contributed by atoms with Gasteiger partial charge in [-0.15, -0.1) is 11.3 Å². The smallest absolute Gasteiger partial charge is 0.343 e. The SMILES string of the molecule is CCOC(=O)c1c(NC(=O)C(=O)NN=C(C)c2ccccc2OC(=O)c2ccccc2)sc2c1CCCC2. The first-order valence-electron chi connectivity index (χ1n) is 12.2. The van der Waals surface area contributed by atoms with Gasteiger partial charge in [-0.25, -0.2) is 15.0 Å². The standard InChI is InChI=1S/C28H27N3O6S/c1-3-36-28(35)23-20-14-8-10-16-22(20)38-26(23)29-24(32)25(33)31-30-17(2)19-13-7-9-15-21(19)37-27(34)18-11-5-4-6-12-18/h4-7,9,11-13,15H,3,8,10,14,16H2,1-2H3,(H,29,32)(H,31,33). The van der Waals surface area contributed by atoms with Crippen LogP contribution in [0.15, 0.2) is 59.7 Å². The molecule has 0 bridgehead atoms. The molecule has 0 atom stereocenters. The number of benzene rings is 2. The number of fused-ring (bicyclic) bond motifs is 1. The number of carbonyl (C=O) groups is 4. The van der Waals surface area contributed by atoms with Crippen molar-refractivity contribution in [1.82, 2.24) is 5.43 Å². The molecule has 0 spiro atoms. The molecule has 10 heteroatoms. The average Bonchev–Trinajstić information content (AvgIpc) is 3.30. The number of hydrogen-bond donors (Lipinski definition) is 2. The topological polar surface area (TPSA) is 123 Å². The molecule has 9 nitrogen and oxygen atoms in total. The number of carbonyl (C=O) groups excluding carboxylic acids is 4. The van der Waals surface area contributed by atoms with Crippen molar-refractivity contribution in [2.45, 2.75) is 39.5 Å². The Kier molecular flexibility index (Phi) is 8.65.